The van der Waals surface area contributed by atoms with Crippen LogP contribution in [-0.2, 0) is 4.74 Å². The molecule has 0 bridgehead atoms. The first-order valence-corrected chi connectivity index (χ1v) is 5.62. The number of hydrogen-bond donors (Lipinski definition) is 1. The van der Waals surface area contributed by atoms with Crippen LogP contribution in [0.2, 0.25) is 15.1 Å². The highest BCUT2D eigenvalue weighted by Gasteiger charge is 2.09. The van der Waals surface area contributed by atoms with Gasteiger partial charge in [0, 0.05) is 13.2 Å². The van der Waals surface area contributed by atoms with Gasteiger partial charge in [-0.05, 0) is 6.07 Å². The fourth-order valence-electron chi connectivity index (χ4n) is 1.04. The second-order valence-electron chi connectivity index (χ2n) is 3.12. The van der Waals surface area contributed by atoms with Crippen molar-refractivity contribution in [1.82, 2.24) is 0 Å². The molecule has 0 radical (unpaired) electrons. The van der Waals surface area contributed by atoms with E-state index < -0.39 is 6.10 Å². The van der Waals surface area contributed by atoms with Crippen LogP contribution in [0.4, 0.5) is 0 Å². The van der Waals surface area contributed by atoms with Gasteiger partial charge in [-0.1, -0.05) is 34.8 Å². The number of halogens is 3. The van der Waals surface area contributed by atoms with Crippen LogP contribution in [-0.4, -0.2) is 31.5 Å². The Bertz CT molecular complexity index is 357. The van der Waals surface area contributed by atoms with E-state index in [2.05, 4.69) is 0 Å². The average Bonchev–Trinajstić information content (AvgIpc) is 2.22. The summed E-state index contributed by atoms with van der Waals surface area (Å²) in [6.45, 7) is 0.268. The lowest BCUT2D eigenvalue weighted by molar-refractivity contribution is 0.0326. The zero-order chi connectivity index (χ0) is 12.1. The van der Waals surface area contributed by atoms with Crippen molar-refractivity contribution < 1.29 is 14.6 Å². The van der Waals surface area contributed by atoms with E-state index in [0.717, 1.165) is 0 Å². The van der Waals surface area contributed by atoms with Crippen LogP contribution < -0.4 is 4.74 Å². The van der Waals surface area contributed by atoms with Gasteiger partial charge in [-0.25, -0.2) is 0 Å². The molecular formula is C10H11Cl3O3. The molecule has 0 saturated heterocycles. The van der Waals surface area contributed by atoms with Gasteiger partial charge >= 0.3 is 0 Å². The first-order valence-electron chi connectivity index (χ1n) is 4.49. The van der Waals surface area contributed by atoms with E-state index >= 15 is 0 Å². The number of benzene rings is 1. The lowest BCUT2D eigenvalue weighted by atomic mass is 10.3. The first-order chi connectivity index (χ1) is 7.54. The Labute approximate surface area is 109 Å². The molecule has 0 spiro atoms. The Morgan fingerprint density at radius 3 is 2.38 bits per heavy atom. The van der Waals surface area contributed by atoms with Crippen LogP contribution in [0.1, 0.15) is 0 Å². The lowest BCUT2D eigenvalue weighted by Gasteiger charge is -2.13. The van der Waals surface area contributed by atoms with E-state index in [4.69, 9.17) is 44.3 Å². The van der Waals surface area contributed by atoms with E-state index in [-0.39, 0.29) is 13.2 Å². The van der Waals surface area contributed by atoms with E-state index in [9.17, 15) is 5.11 Å². The van der Waals surface area contributed by atoms with Crippen molar-refractivity contribution in [2.24, 2.45) is 0 Å². The summed E-state index contributed by atoms with van der Waals surface area (Å²) >= 11 is 17.4. The van der Waals surface area contributed by atoms with E-state index in [1.165, 1.54) is 19.2 Å². The second kappa shape index (κ2) is 6.52. The minimum Gasteiger partial charge on any atom is -0.489 e. The van der Waals surface area contributed by atoms with Gasteiger partial charge in [-0.2, -0.15) is 0 Å². The quantitative estimate of drug-likeness (QED) is 0.845. The molecule has 1 aromatic carbocycles. The third kappa shape index (κ3) is 4.00. The number of aliphatic hydroxyl groups excluding tert-OH is 1. The SMILES string of the molecule is COC[C@@H](O)COc1cc(Cl)c(Cl)cc1Cl. The molecule has 0 aliphatic carbocycles. The molecule has 1 aromatic rings. The number of hydrogen-bond acceptors (Lipinski definition) is 3. The smallest absolute Gasteiger partial charge is 0.139 e. The molecule has 90 valence electrons. The Hall–Kier alpha value is -0.190. The van der Waals surface area contributed by atoms with Crippen LogP contribution in [0.5, 0.6) is 5.75 Å². The summed E-state index contributed by atoms with van der Waals surface area (Å²) in [5, 5.41) is 10.4. The van der Waals surface area contributed by atoms with Gasteiger partial charge in [0.1, 0.15) is 18.5 Å². The number of methoxy groups -OCH3 is 1. The van der Waals surface area contributed by atoms with Crippen molar-refractivity contribution in [1.29, 1.82) is 0 Å². The highest BCUT2D eigenvalue weighted by atomic mass is 35.5. The fourth-order valence-corrected chi connectivity index (χ4v) is 1.63. The van der Waals surface area contributed by atoms with Gasteiger partial charge in [-0.3, -0.25) is 0 Å². The van der Waals surface area contributed by atoms with Gasteiger partial charge in [0.05, 0.1) is 21.7 Å². The van der Waals surface area contributed by atoms with Crippen molar-refractivity contribution in [2.45, 2.75) is 6.10 Å². The largest absolute Gasteiger partial charge is 0.489 e. The minimum atomic E-state index is -0.712. The molecule has 0 amide bonds. The van der Waals surface area contributed by atoms with Crippen LogP contribution in [0.15, 0.2) is 12.1 Å². The molecule has 0 unspecified atom stereocenters. The van der Waals surface area contributed by atoms with Gasteiger partial charge in [0.25, 0.3) is 0 Å². The maximum atomic E-state index is 9.37. The zero-order valence-corrected chi connectivity index (χ0v) is 10.8. The zero-order valence-electron chi connectivity index (χ0n) is 8.54. The third-order valence-corrected chi connectivity index (χ3v) is 2.78. The van der Waals surface area contributed by atoms with Gasteiger partial charge < -0.3 is 14.6 Å². The number of ether oxygens (including phenoxy) is 2. The van der Waals surface area contributed by atoms with Crippen molar-refractivity contribution in [2.75, 3.05) is 20.3 Å². The van der Waals surface area contributed by atoms with E-state index in [1.54, 1.807) is 0 Å². The second-order valence-corrected chi connectivity index (χ2v) is 4.34. The van der Waals surface area contributed by atoms with Crippen molar-refractivity contribution in [3.63, 3.8) is 0 Å². The van der Waals surface area contributed by atoms with Crippen LogP contribution in [0, 0.1) is 0 Å². The predicted molar refractivity (Wildman–Crippen MR) is 64.8 cm³/mol. The highest BCUT2D eigenvalue weighted by molar-refractivity contribution is 6.43. The normalized spacial score (nSPS) is 12.6. The molecule has 0 aliphatic rings. The maximum absolute atomic E-state index is 9.37. The highest BCUT2D eigenvalue weighted by Crippen LogP contribution is 2.33. The monoisotopic (exact) mass is 284 g/mol. The van der Waals surface area contributed by atoms with Crippen LogP contribution >= 0.6 is 34.8 Å². The molecule has 0 fully saturated rings. The Balaban J connectivity index is 2.63. The van der Waals surface area contributed by atoms with Crippen molar-refractivity contribution in [3.8, 4) is 5.75 Å². The summed E-state index contributed by atoms with van der Waals surface area (Å²) < 4.78 is 10.0. The molecular weight excluding hydrogens is 274 g/mol. The maximum Gasteiger partial charge on any atom is 0.139 e. The summed E-state index contributed by atoms with van der Waals surface area (Å²) in [6.07, 6.45) is -0.712. The van der Waals surface area contributed by atoms with Gasteiger partial charge in [-0.15, -0.1) is 0 Å². The molecule has 1 N–H and O–H groups in total. The van der Waals surface area contributed by atoms with Crippen molar-refractivity contribution in [3.05, 3.63) is 27.2 Å². The summed E-state index contributed by atoms with van der Waals surface area (Å²) in [6, 6.07) is 3.00. The van der Waals surface area contributed by atoms with Crippen LogP contribution in [0.25, 0.3) is 0 Å². The summed E-state index contributed by atoms with van der Waals surface area (Å²) in [5.74, 6) is 0.381. The van der Waals surface area contributed by atoms with Gasteiger partial charge in [0.2, 0.25) is 0 Å². The molecule has 0 heterocycles. The fraction of sp³-hybridized carbons (Fsp3) is 0.400. The molecule has 0 aromatic heterocycles. The Morgan fingerprint density at radius 2 is 1.75 bits per heavy atom. The summed E-state index contributed by atoms with van der Waals surface area (Å²) in [4.78, 5) is 0. The topological polar surface area (TPSA) is 38.7 Å². The summed E-state index contributed by atoms with van der Waals surface area (Å²) in [7, 11) is 1.50. The number of rotatable bonds is 5. The Morgan fingerprint density at radius 1 is 1.12 bits per heavy atom. The minimum absolute atomic E-state index is 0.0749. The van der Waals surface area contributed by atoms with E-state index in [1.807, 2.05) is 0 Å². The molecule has 0 saturated carbocycles. The molecule has 3 nitrogen and oxygen atoms in total. The molecule has 16 heavy (non-hydrogen) atoms. The van der Waals surface area contributed by atoms with Crippen LogP contribution in [0.3, 0.4) is 0 Å². The molecule has 6 heteroatoms. The third-order valence-electron chi connectivity index (χ3n) is 1.77. The standard InChI is InChI=1S/C10H11Cl3O3/c1-15-4-6(14)5-16-10-3-8(12)7(11)2-9(10)13/h2-3,6,14H,4-5H2,1H3/t6-/m1/s1. The van der Waals surface area contributed by atoms with Crippen molar-refractivity contribution >= 4 is 34.8 Å². The molecule has 0 aliphatic heterocycles. The first kappa shape index (κ1) is 13.9. The van der Waals surface area contributed by atoms with Gasteiger partial charge in [0.15, 0.2) is 0 Å². The average molecular weight is 286 g/mol. The van der Waals surface area contributed by atoms with E-state index in [0.29, 0.717) is 20.8 Å². The number of aliphatic hydroxyl groups is 1. The molecule has 1 atom stereocenters. The predicted octanol–water partition coefficient (Wildman–Crippen LogP) is 3.03. The molecule has 1 rings (SSSR count). The summed E-state index contributed by atoms with van der Waals surface area (Å²) in [5.41, 5.74) is 0. The lowest BCUT2D eigenvalue weighted by Crippen LogP contribution is -2.22. The Kier molecular flexibility index (Phi) is 5.66.